The number of hydrogen-bond acceptors (Lipinski definition) is 4. The Bertz CT molecular complexity index is 1960. The van der Waals surface area contributed by atoms with Crippen LogP contribution in [0.1, 0.15) is 98.1 Å². The number of hydrogen-bond donors (Lipinski definition) is 1. The maximum atomic E-state index is 12.2. The number of aryl methyl sites for hydroxylation is 1. The summed E-state index contributed by atoms with van der Waals surface area (Å²) >= 11 is -0.119. The predicted octanol–water partition coefficient (Wildman–Crippen LogP) is 12.7. The molecule has 3 nitrogen and oxygen atoms in total. The van der Waals surface area contributed by atoms with Gasteiger partial charge in [-0.1, -0.05) is 41.5 Å². The van der Waals surface area contributed by atoms with Crippen molar-refractivity contribution in [3.63, 3.8) is 0 Å². The van der Waals surface area contributed by atoms with Gasteiger partial charge >= 0.3 is 192 Å². The standard InChI is InChI=1S/C28H28GeNS.C15H28O2.Ir/c1-17(2)20-15-24-23-11-12-30-26(28(23)31-27(24)25(16-20)29(4,5)6)21-13-18(3)22-10-8-7-9-19(22)14-21;1-7-14(5,8-2)12(16)11-13(17)15(6,9-3)10-4;/h7-13,15-17H,1-6H3;11,16H,7-10H2,1-6H3;/q-1;;/b;12-11-;. The number of rotatable bonds is 10. The molecule has 1 N–H and O–H groups in total. The summed E-state index contributed by atoms with van der Waals surface area (Å²) in [7, 11) is 0. The third kappa shape index (κ3) is 8.60. The van der Waals surface area contributed by atoms with E-state index >= 15 is 0 Å². The Kier molecular flexibility index (Phi) is 13.7. The number of allylic oxidation sites excluding steroid dienone is 2. The molecule has 5 aromatic rings. The second-order valence-electron chi connectivity index (χ2n) is 15.3. The molecule has 265 valence electrons. The van der Waals surface area contributed by atoms with Crippen molar-refractivity contribution in [3.8, 4) is 11.3 Å². The van der Waals surface area contributed by atoms with Crippen LogP contribution in [0.25, 0.3) is 42.2 Å². The van der Waals surface area contributed by atoms with E-state index in [0.717, 1.165) is 42.3 Å². The molecular formula is C43H56GeIrNO2S-. The molecule has 2 aromatic heterocycles. The summed E-state index contributed by atoms with van der Waals surface area (Å²) in [6.45, 7) is 18.9. The third-order valence-corrected chi connectivity index (χ3v) is 16.7. The summed E-state index contributed by atoms with van der Waals surface area (Å²) in [5, 5.41) is 15.3. The molecule has 3 aromatic carbocycles. The molecule has 0 aliphatic rings. The minimum atomic E-state index is -2.05. The van der Waals surface area contributed by atoms with Gasteiger partial charge in [0, 0.05) is 37.0 Å². The number of fused-ring (bicyclic) bond motifs is 4. The second-order valence-corrected chi connectivity index (χ2v) is 26.9. The molecule has 0 aliphatic heterocycles. The van der Waals surface area contributed by atoms with Crippen LogP contribution < -0.4 is 4.40 Å². The summed E-state index contributed by atoms with van der Waals surface area (Å²) in [5.74, 6) is 8.32. The molecule has 0 amide bonds. The molecule has 6 heteroatoms. The van der Waals surface area contributed by atoms with Crippen molar-refractivity contribution < 1.29 is 30.0 Å². The fourth-order valence-electron chi connectivity index (χ4n) is 6.13. The first-order valence-electron chi connectivity index (χ1n) is 17.8. The SMILES string of the molecule is CCC(C)(CC)C(=O)/C=C(\O)C(C)(CC)CC.Cc1cc(-c2nccc3c2sc2[c]([Ge]([CH3])([CH3])[CH3])cc(C(C)C)cc23)[c-]c2ccccc12.[Ir]. The number of aliphatic hydroxyl groups excluding tert-OH is 1. The van der Waals surface area contributed by atoms with Crippen LogP contribution >= 0.6 is 11.3 Å². The average Bonchev–Trinajstić information content (AvgIpc) is 3.45. The van der Waals surface area contributed by atoms with Crippen LogP contribution in [-0.2, 0) is 24.9 Å². The largest absolute Gasteiger partial charge is 0 e. The number of carbonyl (C=O) groups excluding carboxylic acids is 1. The summed E-state index contributed by atoms with van der Waals surface area (Å²) < 4.78 is 4.38. The number of benzene rings is 3. The van der Waals surface area contributed by atoms with Gasteiger partial charge in [0.15, 0.2) is 5.78 Å². The number of pyridine rings is 1. The number of aliphatic hydroxyl groups is 1. The molecule has 49 heavy (non-hydrogen) atoms. The van der Waals surface area contributed by atoms with Crippen molar-refractivity contribution in [1.29, 1.82) is 0 Å². The Morgan fingerprint density at radius 2 is 1.51 bits per heavy atom. The first kappa shape index (κ1) is 41.1. The number of carbonyl (C=O) groups is 1. The average molecular weight is 916 g/mol. The maximum absolute atomic E-state index is 12.2. The predicted molar refractivity (Wildman–Crippen MR) is 214 cm³/mol. The van der Waals surface area contributed by atoms with Crippen LogP contribution in [0.2, 0.25) is 17.3 Å². The quantitative estimate of drug-likeness (QED) is 0.0657. The molecule has 2 heterocycles. The topological polar surface area (TPSA) is 50.2 Å². The van der Waals surface area contributed by atoms with E-state index < -0.39 is 13.3 Å². The van der Waals surface area contributed by atoms with Gasteiger partial charge in [-0.15, -0.1) is 0 Å². The summed E-state index contributed by atoms with van der Waals surface area (Å²) in [5.41, 5.74) is 4.28. The van der Waals surface area contributed by atoms with Gasteiger partial charge in [0.05, 0.1) is 0 Å². The van der Waals surface area contributed by atoms with Crippen molar-refractivity contribution in [2.45, 2.75) is 111 Å². The zero-order valence-corrected chi connectivity index (χ0v) is 37.0. The van der Waals surface area contributed by atoms with Gasteiger partial charge < -0.3 is 5.11 Å². The van der Waals surface area contributed by atoms with Gasteiger partial charge in [0.2, 0.25) is 0 Å². The van der Waals surface area contributed by atoms with E-state index in [1.165, 1.54) is 42.8 Å². The fraction of sp³-hybridized carbons (Fsp3) is 0.442. The molecular weight excluding hydrogens is 859 g/mol. The van der Waals surface area contributed by atoms with Gasteiger partial charge in [-0.05, 0) is 25.7 Å². The minimum Gasteiger partial charge on any atom is 0 e. The Morgan fingerprint density at radius 1 is 0.898 bits per heavy atom. The Hall–Kier alpha value is -2.31. The van der Waals surface area contributed by atoms with Crippen LogP contribution in [0.15, 0.2) is 66.6 Å². The Balaban J connectivity index is 0.000000312. The fourth-order valence-corrected chi connectivity index (χ4v) is 12.2. The van der Waals surface area contributed by atoms with E-state index in [-0.39, 0.29) is 42.5 Å². The second kappa shape index (κ2) is 16.4. The van der Waals surface area contributed by atoms with Gasteiger partial charge in [-0.2, -0.15) is 0 Å². The van der Waals surface area contributed by atoms with E-state index in [0.29, 0.717) is 5.92 Å². The zero-order valence-electron chi connectivity index (χ0n) is 31.7. The molecule has 0 saturated heterocycles. The molecule has 0 unspecified atom stereocenters. The monoisotopic (exact) mass is 917 g/mol. The minimum absolute atomic E-state index is 0. The van der Waals surface area contributed by atoms with Crippen LogP contribution in [0, 0.1) is 23.8 Å². The van der Waals surface area contributed by atoms with E-state index in [9.17, 15) is 9.90 Å². The van der Waals surface area contributed by atoms with E-state index in [1.54, 1.807) is 4.40 Å². The van der Waals surface area contributed by atoms with Crippen LogP contribution in [-0.4, -0.2) is 29.1 Å². The normalized spacial score (nSPS) is 12.7. The summed E-state index contributed by atoms with van der Waals surface area (Å²) in [6.07, 6.45) is 6.73. The molecule has 0 fully saturated rings. The zero-order chi connectivity index (χ0) is 35.6. The summed E-state index contributed by atoms with van der Waals surface area (Å²) in [6, 6.07) is 21.5. The number of thiophene rings is 1. The Labute approximate surface area is 315 Å². The molecule has 5 rings (SSSR count). The first-order valence-corrected chi connectivity index (χ1v) is 25.9. The third-order valence-electron chi connectivity index (χ3n) is 10.8. The van der Waals surface area contributed by atoms with Gasteiger partial charge in [0.25, 0.3) is 0 Å². The van der Waals surface area contributed by atoms with Gasteiger partial charge in [-0.25, -0.2) is 0 Å². The molecule has 1 radical (unpaired) electrons. The van der Waals surface area contributed by atoms with Gasteiger partial charge in [-0.3, -0.25) is 4.79 Å². The summed E-state index contributed by atoms with van der Waals surface area (Å²) in [4.78, 5) is 17.0. The van der Waals surface area contributed by atoms with Crippen molar-refractivity contribution in [2.75, 3.05) is 0 Å². The molecule has 0 spiro atoms. The van der Waals surface area contributed by atoms with Crippen molar-refractivity contribution in [2.24, 2.45) is 10.8 Å². The van der Waals surface area contributed by atoms with Crippen molar-refractivity contribution >= 4 is 65.7 Å². The van der Waals surface area contributed by atoms with Gasteiger partial charge in [0.1, 0.15) is 5.76 Å². The van der Waals surface area contributed by atoms with E-state index in [2.05, 4.69) is 92.6 Å². The first-order chi connectivity index (χ1) is 22.5. The van der Waals surface area contributed by atoms with Crippen molar-refractivity contribution in [3.05, 3.63) is 83.8 Å². The smallest absolute Gasteiger partial charge is 0 e. The van der Waals surface area contributed by atoms with Crippen molar-refractivity contribution in [1.82, 2.24) is 4.98 Å². The Morgan fingerprint density at radius 3 is 2.08 bits per heavy atom. The number of aromatic nitrogens is 1. The van der Waals surface area contributed by atoms with Crippen LogP contribution in [0.4, 0.5) is 0 Å². The maximum Gasteiger partial charge on any atom is 0 e. The molecule has 0 atom stereocenters. The molecule has 0 bridgehead atoms. The molecule has 0 aliphatic carbocycles. The number of ketones is 1. The van der Waals surface area contributed by atoms with E-state index in [4.69, 9.17) is 4.98 Å². The van der Waals surface area contributed by atoms with Crippen LogP contribution in [0.3, 0.4) is 0 Å². The molecule has 0 saturated carbocycles. The number of nitrogens with zero attached hydrogens (tertiary/aromatic N) is 1. The van der Waals surface area contributed by atoms with E-state index in [1.807, 2.05) is 59.1 Å². The van der Waals surface area contributed by atoms with Crippen LogP contribution in [0.5, 0.6) is 0 Å².